The normalized spacial score (nSPS) is 11.9. The van der Waals surface area contributed by atoms with Crippen LogP contribution in [0.5, 0.6) is 0 Å². The molecular weight excluding hydrogens is 452 g/mol. The van der Waals surface area contributed by atoms with Crippen LogP contribution in [-0.2, 0) is 0 Å². The molecular formula is C30H22N2O4. The molecule has 0 aliphatic heterocycles. The molecule has 0 aromatic heterocycles. The third-order valence-electron chi connectivity index (χ3n) is 6.20. The summed E-state index contributed by atoms with van der Waals surface area (Å²) in [4.78, 5) is 53.0. The topological polar surface area (TPSA) is 92.3 Å². The monoisotopic (exact) mass is 474 g/mol. The lowest BCUT2D eigenvalue weighted by Gasteiger charge is -2.23. The van der Waals surface area contributed by atoms with Crippen molar-refractivity contribution in [3.05, 3.63) is 129 Å². The van der Waals surface area contributed by atoms with Crippen LogP contribution >= 0.6 is 0 Å². The lowest BCUT2D eigenvalue weighted by Crippen LogP contribution is -2.26. The van der Waals surface area contributed by atoms with Crippen LogP contribution in [0.2, 0.25) is 0 Å². The van der Waals surface area contributed by atoms with Crippen molar-refractivity contribution >= 4 is 34.8 Å². The van der Waals surface area contributed by atoms with Crippen molar-refractivity contribution in [2.45, 2.75) is 13.8 Å². The van der Waals surface area contributed by atoms with Crippen molar-refractivity contribution in [1.29, 1.82) is 0 Å². The number of fused-ring (bicyclic) bond motifs is 2. The Kier molecular flexibility index (Phi) is 5.78. The number of benzene rings is 4. The average Bonchev–Trinajstić information content (AvgIpc) is 2.88. The Balaban J connectivity index is 1.59. The molecule has 5 rings (SSSR count). The molecule has 6 heteroatoms. The molecule has 176 valence electrons. The highest BCUT2D eigenvalue weighted by atomic mass is 16.2. The van der Waals surface area contributed by atoms with Crippen LogP contribution in [0, 0.1) is 13.8 Å². The molecule has 0 radical (unpaired) electrons. The molecule has 4 aromatic rings. The molecule has 36 heavy (non-hydrogen) atoms. The first kappa shape index (κ1) is 22.9. The zero-order chi connectivity index (χ0) is 25.4. The van der Waals surface area contributed by atoms with E-state index in [1.165, 1.54) is 12.1 Å². The number of carbonyl (C=O) groups is 4. The molecule has 0 saturated heterocycles. The number of aryl methyl sites for hydroxylation is 2. The van der Waals surface area contributed by atoms with Crippen LogP contribution in [0.4, 0.5) is 11.4 Å². The summed E-state index contributed by atoms with van der Waals surface area (Å²) in [6.45, 7) is 3.84. The number of hydrogen-bond acceptors (Lipinski definition) is 4. The van der Waals surface area contributed by atoms with Crippen LogP contribution in [0.1, 0.15) is 63.7 Å². The Labute approximate surface area is 208 Å². The quantitative estimate of drug-likeness (QED) is 0.356. The summed E-state index contributed by atoms with van der Waals surface area (Å²) < 4.78 is 0. The molecule has 2 amide bonds. The Morgan fingerprint density at radius 1 is 0.528 bits per heavy atom. The van der Waals surface area contributed by atoms with Crippen LogP contribution in [0.25, 0.3) is 0 Å². The largest absolute Gasteiger partial charge is 0.321 e. The fraction of sp³-hybridized carbons (Fsp3) is 0.0667. The maximum atomic E-state index is 13.6. The summed E-state index contributed by atoms with van der Waals surface area (Å²) in [5.41, 5.74) is 3.88. The minimum Gasteiger partial charge on any atom is -0.321 e. The Morgan fingerprint density at radius 3 is 1.25 bits per heavy atom. The number of rotatable bonds is 4. The summed E-state index contributed by atoms with van der Waals surface area (Å²) in [6, 6.07) is 23.6. The maximum Gasteiger partial charge on any atom is 0.255 e. The van der Waals surface area contributed by atoms with Gasteiger partial charge in [-0.05, 0) is 50.2 Å². The summed E-state index contributed by atoms with van der Waals surface area (Å²) in [7, 11) is 0. The van der Waals surface area contributed by atoms with E-state index in [0.717, 1.165) is 11.1 Å². The average molecular weight is 475 g/mol. The molecule has 0 fully saturated rings. The standard InChI is InChI=1S/C30H22N2O4/c1-17-7-11-19(12-8-17)29(35)31-23-15-16-24(32-30(36)20-13-9-18(2)10-14-20)26-25(23)27(33)21-5-3-4-6-22(21)28(26)34/h3-16H,1-2H3,(H,31,35)(H,32,36). The van der Waals surface area contributed by atoms with Gasteiger partial charge in [-0.2, -0.15) is 0 Å². The van der Waals surface area contributed by atoms with E-state index < -0.39 is 23.4 Å². The SMILES string of the molecule is Cc1ccc(C(=O)Nc2ccc(NC(=O)c3ccc(C)cc3)c3c2C(=O)c2ccccc2C3=O)cc1. The van der Waals surface area contributed by atoms with Crippen molar-refractivity contribution in [3.63, 3.8) is 0 Å². The zero-order valence-electron chi connectivity index (χ0n) is 19.7. The second kappa shape index (κ2) is 9.07. The molecule has 4 aromatic carbocycles. The molecule has 2 N–H and O–H groups in total. The van der Waals surface area contributed by atoms with Gasteiger partial charge in [0, 0.05) is 22.3 Å². The van der Waals surface area contributed by atoms with E-state index >= 15 is 0 Å². The first-order valence-electron chi connectivity index (χ1n) is 11.4. The predicted octanol–water partition coefficient (Wildman–Crippen LogP) is 5.58. The Bertz CT molecular complexity index is 1430. The zero-order valence-corrected chi connectivity index (χ0v) is 19.7. The van der Waals surface area contributed by atoms with Crippen molar-refractivity contribution in [3.8, 4) is 0 Å². The lowest BCUT2D eigenvalue weighted by atomic mass is 9.82. The molecule has 1 aliphatic carbocycles. The molecule has 0 spiro atoms. The van der Waals surface area contributed by atoms with Gasteiger partial charge in [0.15, 0.2) is 11.6 Å². The predicted molar refractivity (Wildman–Crippen MR) is 138 cm³/mol. The number of hydrogen-bond donors (Lipinski definition) is 2. The first-order chi connectivity index (χ1) is 17.3. The van der Waals surface area contributed by atoms with Gasteiger partial charge in [-0.15, -0.1) is 0 Å². The van der Waals surface area contributed by atoms with E-state index in [-0.39, 0.29) is 33.6 Å². The summed E-state index contributed by atoms with van der Waals surface area (Å²) in [5.74, 6) is -1.61. The summed E-state index contributed by atoms with van der Waals surface area (Å²) >= 11 is 0. The van der Waals surface area contributed by atoms with Gasteiger partial charge in [-0.25, -0.2) is 0 Å². The number of nitrogens with one attached hydrogen (secondary N) is 2. The van der Waals surface area contributed by atoms with Gasteiger partial charge < -0.3 is 10.6 Å². The third kappa shape index (κ3) is 4.09. The van der Waals surface area contributed by atoms with Crippen LogP contribution in [0.3, 0.4) is 0 Å². The minimum atomic E-state index is -0.409. The third-order valence-corrected chi connectivity index (χ3v) is 6.20. The Hall–Kier alpha value is -4.84. The number of anilines is 2. The summed E-state index contributed by atoms with van der Waals surface area (Å²) in [5, 5.41) is 5.56. The Morgan fingerprint density at radius 2 is 0.889 bits per heavy atom. The van der Waals surface area contributed by atoms with Gasteiger partial charge in [-0.1, -0.05) is 59.7 Å². The van der Waals surface area contributed by atoms with Crippen molar-refractivity contribution in [2.75, 3.05) is 10.6 Å². The molecule has 6 nitrogen and oxygen atoms in total. The van der Waals surface area contributed by atoms with Crippen molar-refractivity contribution in [1.82, 2.24) is 0 Å². The highest BCUT2D eigenvalue weighted by Crippen LogP contribution is 2.37. The highest BCUT2D eigenvalue weighted by Gasteiger charge is 2.34. The molecule has 0 saturated carbocycles. The molecule has 0 heterocycles. The molecule has 0 unspecified atom stereocenters. The van der Waals surface area contributed by atoms with Crippen molar-refractivity contribution < 1.29 is 19.2 Å². The molecule has 0 atom stereocenters. The highest BCUT2D eigenvalue weighted by molar-refractivity contribution is 6.33. The van der Waals surface area contributed by atoms with Gasteiger partial charge in [-0.3, -0.25) is 19.2 Å². The van der Waals surface area contributed by atoms with Crippen molar-refractivity contribution in [2.24, 2.45) is 0 Å². The van der Waals surface area contributed by atoms with Gasteiger partial charge in [0.1, 0.15) is 0 Å². The van der Waals surface area contributed by atoms with Gasteiger partial charge in [0.25, 0.3) is 11.8 Å². The number of ketones is 2. The van der Waals surface area contributed by atoms with E-state index in [2.05, 4.69) is 10.6 Å². The van der Waals surface area contributed by atoms with E-state index in [0.29, 0.717) is 11.1 Å². The second-order valence-electron chi connectivity index (χ2n) is 8.75. The van der Waals surface area contributed by atoms with E-state index in [1.54, 1.807) is 48.5 Å². The number of amides is 2. The molecule has 0 bridgehead atoms. The van der Waals surface area contributed by atoms with Gasteiger partial charge in [0.05, 0.1) is 22.5 Å². The van der Waals surface area contributed by atoms with E-state index in [1.807, 2.05) is 38.1 Å². The smallest absolute Gasteiger partial charge is 0.255 e. The van der Waals surface area contributed by atoms with Crippen LogP contribution in [-0.4, -0.2) is 23.4 Å². The van der Waals surface area contributed by atoms with Crippen LogP contribution < -0.4 is 10.6 Å². The van der Waals surface area contributed by atoms with Crippen LogP contribution in [0.15, 0.2) is 84.9 Å². The second-order valence-corrected chi connectivity index (χ2v) is 8.75. The lowest BCUT2D eigenvalue weighted by molar-refractivity contribution is 0.0977. The van der Waals surface area contributed by atoms with Gasteiger partial charge >= 0.3 is 0 Å². The summed E-state index contributed by atoms with van der Waals surface area (Å²) in [6.07, 6.45) is 0. The van der Waals surface area contributed by atoms with E-state index in [4.69, 9.17) is 0 Å². The minimum absolute atomic E-state index is 0.0564. The fourth-order valence-corrected chi connectivity index (χ4v) is 4.23. The van der Waals surface area contributed by atoms with E-state index in [9.17, 15) is 19.2 Å². The van der Waals surface area contributed by atoms with Gasteiger partial charge in [0.2, 0.25) is 0 Å². The number of carbonyl (C=O) groups excluding carboxylic acids is 4. The fourth-order valence-electron chi connectivity index (χ4n) is 4.23. The molecule has 1 aliphatic rings. The first-order valence-corrected chi connectivity index (χ1v) is 11.4. The maximum absolute atomic E-state index is 13.6.